The maximum Gasteiger partial charge on any atom is 0.336 e. The highest BCUT2D eigenvalue weighted by molar-refractivity contribution is 7.16. The molecule has 1 aromatic carbocycles. The number of hydrogen-bond donors (Lipinski definition) is 2. The van der Waals surface area contributed by atoms with Crippen molar-refractivity contribution in [3.05, 3.63) is 76.1 Å². The SMILES string of the molecule is CC1CCc2c(sc3c2C(=O)NC(c2cccc(OC(=O)C=Cc4ccco4)c2)N3)C1. The molecule has 1 aliphatic heterocycles. The molecule has 2 aromatic heterocycles. The van der Waals surface area contributed by atoms with Gasteiger partial charge in [0.05, 0.1) is 11.8 Å². The molecular formula is C24H22N2O4S. The molecule has 0 saturated carbocycles. The van der Waals surface area contributed by atoms with E-state index in [1.54, 1.807) is 47.7 Å². The lowest BCUT2D eigenvalue weighted by atomic mass is 9.88. The Bertz CT molecular complexity index is 1160. The minimum Gasteiger partial charge on any atom is -0.465 e. The number of esters is 1. The van der Waals surface area contributed by atoms with E-state index in [2.05, 4.69) is 17.6 Å². The van der Waals surface area contributed by atoms with Crippen LogP contribution in [0, 0.1) is 5.92 Å². The molecule has 2 unspecified atom stereocenters. The first kappa shape index (κ1) is 19.6. The van der Waals surface area contributed by atoms with Gasteiger partial charge in [0.25, 0.3) is 5.91 Å². The molecule has 5 rings (SSSR count). The number of amides is 1. The Hall–Kier alpha value is -3.32. The smallest absolute Gasteiger partial charge is 0.336 e. The predicted molar refractivity (Wildman–Crippen MR) is 119 cm³/mol. The van der Waals surface area contributed by atoms with E-state index < -0.39 is 5.97 Å². The lowest BCUT2D eigenvalue weighted by molar-refractivity contribution is -0.128. The topological polar surface area (TPSA) is 80.6 Å². The minimum atomic E-state index is -0.503. The van der Waals surface area contributed by atoms with Crippen LogP contribution in [0.3, 0.4) is 0 Å². The summed E-state index contributed by atoms with van der Waals surface area (Å²) in [6.07, 6.45) is 7.13. The Morgan fingerprint density at radius 3 is 3.00 bits per heavy atom. The van der Waals surface area contributed by atoms with Gasteiger partial charge < -0.3 is 19.8 Å². The van der Waals surface area contributed by atoms with E-state index in [0.717, 1.165) is 35.4 Å². The predicted octanol–water partition coefficient (Wildman–Crippen LogP) is 4.94. The summed E-state index contributed by atoms with van der Waals surface area (Å²) < 4.78 is 10.6. The summed E-state index contributed by atoms with van der Waals surface area (Å²) >= 11 is 1.69. The van der Waals surface area contributed by atoms with E-state index in [1.165, 1.54) is 22.8 Å². The third-order valence-electron chi connectivity index (χ3n) is 5.63. The summed E-state index contributed by atoms with van der Waals surface area (Å²) in [6, 6.07) is 10.7. The number of rotatable bonds is 4. The van der Waals surface area contributed by atoms with Crippen molar-refractivity contribution < 1.29 is 18.7 Å². The first-order valence-electron chi connectivity index (χ1n) is 10.3. The van der Waals surface area contributed by atoms with E-state index in [4.69, 9.17) is 9.15 Å². The number of nitrogens with one attached hydrogen (secondary N) is 2. The lowest BCUT2D eigenvalue weighted by Gasteiger charge is -2.27. The molecule has 31 heavy (non-hydrogen) atoms. The van der Waals surface area contributed by atoms with Gasteiger partial charge in [0.2, 0.25) is 0 Å². The summed E-state index contributed by atoms with van der Waals surface area (Å²) in [7, 11) is 0. The van der Waals surface area contributed by atoms with Crippen LogP contribution in [0.4, 0.5) is 5.00 Å². The standard InChI is InChI=1S/C24H22N2O4S/c1-14-7-9-18-19(12-14)31-24-21(18)23(28)25-22(26-24)15-4-2-5-17(13-15)30-20(27)10-8-16-6-3-11-29-16/h2-6,8,10-11,13-14,22,26H,7,9,12H2,1H3,(H,25,28). The molecule has 1 aliphatic carbocycles. The van der Waals surface area contributed by atoms with Crippen molar-refractivity contribution in [1.82, 2.24) is 5.32 Å². The molecular weight excluding hydrogens is 412 g/mol. The van der Waals surface area contributed by atoms with E-state index in [9.17, 15) is 9.59 Å². The summed E-state index contributed by atoms with van der Waals surface area (Å²) in [5.74, 6) is 1.09. The van der Waals surface area contributed by atoms with E-state index in [-0.39, 0.29) is 12.1 Å². The van der Waals surface area contributed by atoms with Crippen molar-refractivity contribution in [3.8, 4) is 5.75 Å². The number of carbonyl (C=O) groups excluding carboxylic acids is 2. The van der Waals surface area contributed by atoms with E-state index >= 15 is 0 Å². The zero-order chi connectivity index (χ0) is 21.4. The fourth-order valence-electron chi connectivity index (χ4n) is 4.07. The molecule has 7 heteroatoms. The molecule has 3 heterocycles. The van der Waals surface area contributed by atoms with Crippen molar-refractivity contribution in [1.29, 1.82) is 0 Å². The van der Waals surface area contributed by atoms with Crippen LogP contribution < -0.4 is 15.4 Å². The molecule has 0 spiro atoms. The lowest BCUT2D eigenvalue weighted by Crippen LogP contribution is -2.38. The van der Waals surface area contributed by atoms with Crippen LogP contribution in [-0.2, 0) is 17.6 Å². The molecule has 0 bridgehead atoms. The monoisotopic (exact) mass is 434 g/mol. The Balaban J connectivity index is 1.32. The highest BCUT2D eigenvalue weighted by Gasteiger charge is 2.33. The minimum absolute atomic E-state index is 0.0467. The van der Waals surface area contributed by atoms with Crippen LogP contribution in [0.15, 0.2) is 53.2 Å². The largest absolute Gasteiger partial charge is 0.465 e. The number of hydrogen-bond acceptors (Lipinski definition) is 6. The average molecular weight is 435 g/mol. The second-order valence-corrected chi connectivity index (χ2v) is 9.05. The molecule has 1 amide bonds. The van der Waals surface area contributed by atoms with Gasteiger partial charge in [-0.05, 0) is 66.6 Å². The second-order valence-electron chi connectivity index (χ2n) is 7.95. The van der Waals surface area contributed by atoms with Crippen molar-refractivity contribution in [2.75, 3.05) is 5.32 Å². The van der Waals surface area contributed by atoms with Gasteiger partial charge in [0.1, 0.15) is 22.7 Å². The Morgan fingerprint density at radius 2 is 2.16 bits per heavy atom. The highest BCUT2D eigenvalue weighted by Crippen LogP contribution is 2.42. The molecule has 0 fully saturated rings. The number of fused-ring (bicyclic) bond motifs is 3. The first-order chi connectivity index (χ1) is 15.1. The van der Waals surface area contributed by atoms with Crippen molar-refractivity contribution in [3.63, 3.8) is 0 Å². The summed E-state index contributed by atoms with van der Waals surface area (Å²) in [4.78, 5) is 26.3. The second kappa shape index (κ2) is 8.07. The van der Waals surface area contributed by atoms with Gasteiger partial charge in [0, 0.05) is 11.0 Å². The highest BCUT2D eigenvalue weighted by atomic mass is 32.1. The van der Waals surface area contributed by atoms with Gasteiger partial charge in [-0.15, -0.1) is 11.3 Å². The molecule has 0 radical (unpaired) electrons. The van der Waals surface area contributed by atoms with Gasteiger partial charge in [0.15, 0.2) is 0 Å². The number of anilines is 1. The molecule has 2 N–H and O–H groups in total. The van der Waals surface area contributed by atoms with Crippen LogP contribution in [0.5, 0.6) is 5.75 Å². The maximum absolute atomic E-state index is 12.9. The number of benzene rings is 1. The Kier molecular flexibility index (Phi) is 5.11. The molecule has 6 nitrogen and oxygen atoms in total. The molecule has 2 atom stereocenters. The normalized spacial score (nSPS) is 20.0. The van der Waals surface area contributed by atoms with E-state index in [0.29, 0.717) is 17.4 Å². The zero-order valence-corrected chi connectivity index (χ0v) is 17.8. The fraction of sp³-hybridized carbons (Fsp3) is 0.250. The van der Waals surface area contributed by atoms with Crippen LogP contribution in [0.1, 0.15) is 51.6 Å². The summed E-state index contributed by atoms with van der Waals surface area (Å²) in [5, 5.41) is 7.44. The summed E-state index contributed by atoms with van der Waals surface area (Å²) in [6.45, 7) is 2.26. The molecule has 0 saturated heterocycles. The van der Waals surface area contributed by atoms with Crippen molar-refractivity contribution >= 4 is 34.3 Å². The average Bonchev–Trinajstić information content (AvgIpc) is 3.39. The summed E-state index contributed by atoms with van der Waals surface area (Å²) in [5.41, 5.74) is 2.82. The van der Waals surface area contributed by atoms with Gasteiger partial charge in [-0.2, -0.15) is 0 Å². The van der Waals surface area contributed by atoms with Gasteiger partial charge in [-0.1, -0.05) is 19.1 Å². The Morgan fingerprint density at radius 1 is 1.26 bits per heavy atom. The van der Waals surface area contributed by atoms with Gasteiger partial charge in [-0.25, -0.2) is 4.79 Å². The van der Waals surface area contributed by atoms with Crippen molar-refractivity contribution in [2.45, 2.75) is 32.4 Å². The van der Waals surface area contributed by atoms with Gasteiger partial charge >= 0.3 is 5.97 Å². The quantitative estimate of drug-likeness (QED) is 0.345. The van der Waals surface area contributed by atoms with Crippen LogP contribution in [0.25, 0.3) is 6.08 Å². The van der Waals surface area contributed by atoms with Crippen LogP contribution in [0.2, 0.25) is 0 Å². The van der Waals surface area contributed by atoms with Crippen LogP contribution in [-0.4, -0.2) is 11.9 Å². The third kappa shape index (κ3) is 4.01. The molecule has 2 aliphatic rings. The number of furan rings is 1. The van der Waals surface area contributed by atoms with E-state index in [1.807, 2.05) is 6.07 Å². The van der Waals surface area contributed by atoms with Crippen molar-refractivity contribution in [2.24, 2.45) is 5.92 Å². The van der Waals surface area contributed by atoms with Crippen LogP contribution >= 0.6 is 11.3 Å². The zero-order valence-electron chi connectivity index (χ0n) is 17.0. The maximum atomic E-state index is 12.9. The molecule has 158 valence electrons. The fourth-order valence-corrected chi connectivity index (χ4v) is 5.51. The van der Waals surface area contributed by atoms with Gasteiger partial charge in [-0.3, -0.25) is 4.79 Å². The third-order valence-corrected chi connectivity index (χ3v) is 6.81. The number of carbonyl (C=O) groups is 2. The Labute approximate surface area is 183 Å². The number of thiophene rings is 1. The number of ether oxygens (including phenoxy) is 1. The molecule has 3 aromatic rings. The first-order valence-corrected chi connectivity index (χ1v) is 11.1.